The van der Waals surface area contributed by atoms with Gasteiger partial charge >= 0.3 is 0 Å². The van der Waals surface area contributed by atoms with Gasteiger partial charge in [0.25, 0.3) is 6.08 Å². The van der Waals surface area contributed by atoms with Crippen molar-refractivity contribution in [2.45, 2.75) is 6.92 Å². The van der Waals surface area contributed by atoms with Gasteiger partial charge in [0.2, 0.25) is 0 Å². The molecule has 26 heavy (non-hydrogen) atoms. The predicted molar refractivity (Wildman–Crippen MR) is 97.4 cm³/mol. The van der Waals surface area contributed by atoms with Gasteiger partial charge in [-0.3, -0.25) is 0 Å². The lowest BCUT2D eigenvalue weighted by molar-refractivity contribution is 0.414. The molecule has 3 rings (SSSR count). The summed E-state index contributed by atoms with van der Waals surface area (Å²) in [6.07, 6.45) is -1.76. The largest absolute Gasteiger partial charge is 0.497 e. The van der Waals surface area contributed by atoms with Crippen LogP contribution in [0.15, 0.2) is 54.6 Å². The molecule has 2 aromatic carbocycles. The van der Waals surface area contributed by atoms with Crippen molar-refractivity contribution < 1.29 is 18.3 Å². The summed E-state index contributed by atoms with van der Waals surface area (Å²) in [5.74, 6) is 1.56. The minimum atomic E-state index is -1.76. The molecule has 3 aromatic rings. The summed E-state index contributed by atoms with van der Waals surface area (Å²) in [7, 11) is 3.17. The second-order valence-corrected chi connectivity index (χ2v) is 5.65. The van der Waals surface area contributed by atoms with E-state index in [1.807, 2.05) is 36.4 Å². The van der Waals surface area contributed by atoms with Crippen molar-refractivity contribution in [1.82, 2.24) is 9.97 Å². The third kappa shape index (κ3) is 3.44. The van der Waals surface area contributed by atoms with Gasteiger partial charge in [0, 0.05) is 11.1 Å². The number of halogens is 2. The Hall–Kier alpha value is -3.15. The Balaban J connectivity index is 2.15. The van der Waals surface area contributed by atoms with Gasteiger partial charge < -0.3 is 14.5 Å². The molecule has 0 saturated carbocycles. The Kier molecular flexibility index (Phi) is 5.02. The molecule has 4 nitrogen and oxygen atoms in total. The zero-order chi connectivity index (χ0) is 18.7. The lowest BCUT2D eigenvalue weighted by Gasteiger charge is -2.06. The van der Waals surface area contributed by atoms with Crippen molar-refractivity contribution in [3.63, 3.8) is 0 Å². The molecule has 1 N–H and O–H groups in total. The van der Waals surface area contributed by atoms with E-state index in [1.165, 1.54) is 6.92 Å². The van der Waals surface area contributed by atoms with Crippen LogP contribution in [0.5, 0.6) is 11.5 Å². The van der Waals surface area contributed by atoms with Crippen molar-refractivity contribution >= 4 is 5.57 Å². The summed E-state index contributed by atoms with van der Waals surface area (Å²) < 4.78 is 36.4. The summed E-state index contributed by atoms with van der Waals surface area (Å²) in [4.78, 5) is 7.43. The molecule has 134 valence electrons. The number of rotatable bonds is 5. The summed E-state index contributed by atoms with van der Waals surface area (Å²) in [5.41, 5.74) is 2.69. The molecule has 1 heterocycles. The number of methoxy groups -OCH3 is 2. The molecule has 0 aliphatic carbocycles. The van der Waals surface area contributed by atoms with E-state index in [1.54, 1.807) is 26.4 Å². The zero-order valence-corrected chi connectivity index (χ0v) is 14.6. The van der Waals surface area contributed by atoms with Crippen LogP contribution in [-0.2, 0) is 0 Å². The normalized spacial score (nSPS) is 10.5. The number of benzene rings is 2. The lowest BCUT2D eigenvalue weighted by Crippen LogP contribution is -1.87. The molecule has 0 fully saturated rings. The maximum Gasteiger partial charge on any atom is 0.276 e. The number of hydrogen-bond donors (Lipinski definition) is 1. The minimum Gasteiger partial charge on any atom is -0.497 e. The average Bonchev–Trinajstić information content (AvgIpc) is 3.12. The second kappa shape index (κ2) is 7.39. The molecule has 0 aliphatic rings. The third-order valence-electron chi connectivity index (χ3n) is 4.08. The molecule has 0 atom stereocenters. The topological polar surface area (TPSA) is 47.1 Å². The van der Waals surface area contributed by atoms with Crippen LogP contribution >= 0.6 is 0 Å². The van der Waals surface area contributed by atoms with Gasteiger partial charge in [-0.25, -0.2) is 4.98 Å². The first-order chi connectivity index (χ1) is 12.5. The first-order valence-electron chi connectivity index (χ1n) is 7.94. The van der Waals surface area contributed by atoms with E-state index in [0.717, 1.165) is 11.1 Å². The number of nitrogens with one attached hydrogen (secondary N) is 1. The van der Waals surface area contributed by atoms with Gasteiger partial charge in [0.1, 0.15) is 17.3 Å². The van der Waals surface area contributed by atoms with Crippen molar-refractivity contribution in [1.29, 1.82) is 0 Å². The van der Waals surface area contributed by atoms with Gasteiger partial charge in [0.05, 0.1) is 31.2 Å². The van der Waals surface area contributed by atoms with Gasteiger partial charge in [-0.15, -0.1) is 0 Å². The Morgan fingerprint density at radius 2 is 1.35 bits per heavy atom. The summed E-state index contributed by atoms with van der Waals surface area (Å²) in [6, 6.07) is 14.6. The number of nitrogens with zero attached hydrogens (tertiary/aromatic N) is 1. The van der Waals surface area contributed by atoms with E-state index in [-0.39, 0.29) is 11.4 Å². The van der Waals surface area contributed by atoms with Crippen LogP contribution in [0.25, 0.3) is 28.1 Å². The molecular weight excluding hydrogens is 338 g/mol. The quantitative estimate of drug-likeness (QED) is 0.667. The number of ether oxygens (including phenoxy) is 2. The maximum atomic E-state index is 13.0. The smallest absolute Gasteiger partial charge is 0.276 e. The molecule has 6 heteroatoms. The van der Waals surface area contributed by atoms with Gasteiger partial charge in [0.15, 0.2) is 0 Å². The molecule has 0 amide bonds. The highest BCUT2D eigenvalue weighted by molar-refractivity contribution is 5.81. The van der Waals surface area contributed by atoms with Gasteiger partial charge in [-0.1, -0.05) is 0 Å². The maximum absolute atomic E-state index is 13.0. The van der Waals surface area contributed by atoms with E-state index in [4.69, 9.17) is 9.47 Å². The number of hydrogen-bond acceptors (Lipinski definition) is 3. The summed E-state index contributed by atoms with van der Waals surface area (Å²) in [5, 5.41) is 0. The van der Waals surface area contributed by atoms with E-state index in [9.17, 15) is 8.78 Å². The van der Waals surface area contributed by atoms with E-state index < -0.39 is 6.08 Å². The Morgan fingerprint density at radius 1 is 0.846 bits per heavy atom. The molecule has 0 unspecified atom stereocenters. The highest BCUT2D eigenvalue weighted by Crippen LogP contribution is 2.34. The Labute approximate surface area is 150 Å². The van der Waals surface area contributed by atoms with E-state index in [2.05, 4.69) is 9.97 Å². The van der Waals surface area contributed by atoms with Crippen molar-refractivity contribution in [2.24, 2.45) is 0 Å². The van der Waals surface area contributed by atoms with Crippen LogP contribution in [0.1, 0.15) is 12.7 Å². The molecule has 0 aliphatic heterocycles. The van der Waals surface area contributed by atoms with Crippen LogP contribution in [-0.4, -0.2) is 24.2 Å². The van der Waals surface area contributed by atoms with E-state index in [0.29, 0.717) is 22.9 Å². The van der Waals surface area contributed by atoms with Crippen LogP contribution in [0.3, 0.4) is 0 Å². The summed E-state index contributed by atoms with van der Waals surface area (Å²) in [6.45, 7) is 1.34. The molecule has 0 saturated heterocycles. The number of aromatic amines is 1. The molecular formula is C20H18F2N2O2. The van der Waals surface area contributed by atoms with Crippen molar-refractivity contribution in [3.05, 3.63) is 60.4 Å². The fourth-order valence-electron chi connectivity index (χ4n) is 2.56. The lowest BCUT2D eigenvalue weighted by atomic mass is 10.0. The standard InChI is InChI=1S/C20H18F2N2O2/c1-12(19(21)22)20-23-17(13-4-8-15(25-2)9-5-13)18(24-20)14-6-10-16(26-3)11-7-14/h4-11H,1-3H3,(H,23,24). The van der Waals surface area contributed by atoms with Crippen LogP contribution in [0.4, 0.5) is 8.78 Å². The van der Waals surface area contributed by atoms with Crippen molar-refractivity contribution in [2.75, 3.05) is 14.2 Å². The molecule has 0 spiro atoms. The van der Waals surface area contributed by atoms with Crippen LogP contribution < -0.4 is 9.47 Å². The highest BCUT2D eigenvalue weighted by atomic mass is 19.3. The van der Waals surface area contributed by atoms with Crippen LogP contribution in [0.2, 0.25) is 0 Å². The number of aromatic nitrogens is 2. The number of H-pyrrole nitrogens is 1. The zero-order valence-electron chi connectivity index (χ0n) is 14.6. The van der Waals surface area contributed by atoms with Gasteiger partial charge in [-0.05, 0) is 55.5 Å². The van der Waals surface area contributed by atoms with E-state index >= 15 is 0 Å². The second-order valence-electron chi connectivity index (χ2n) is 5.65. The Bertz CT molecular complexity index is 860. The predicted octanol–water partition coefficient (Wildman–Crippen LogP) is 5.39. The van der Waals surface area contributed by atoms with Crippen molar-refractivity contribution in [3.8, 4) is 34.0 Å². The first-order valence-corrected chi connectivity index (χ1v) is 7.94. The van der Waals surface area contributed by atoms with Crippen LogP contribution in [0, 0.1) is 0 Å². The molecule has 1 aromatic heterocycles. The average molecular weight is 356 g/mol. The SMILES string of the molecule is COc1ccc(-c2nc(C(C)=C(F)F)[nH]c2-c2ccc(OC)cc2)cc1. The minimum absolute atomic E-state index is 0.140. The highest BCUT2D eigenvalue weighted by Gasteiger charge is 2.17. The monoisotopic (exact) mass is 356 g/mol. The fraction of sp³-hybridized carbons (Fsp3) is 0.150. The molecule has 0 bridgehead atoms. The van der Waals surface area contributed by atoms with Gasteiger partial charge in [-0.2, -0.15) is 8.78 Å². The molecule has 0 radical (unpaired) electrons. The summed E-state index contributed by atoms with van der Waals surface area (Å²) >= 11 is 0. The fourth-order valence-corrected chi connectivity index (χ4v) is 2.56. The Morgan fingerprint density at radius 3 is 1.81 bits per heavy atom. The number of allylic oxidation sites excluding steroid dienone is 1. The third-order valence-corrected chi connectivity index (χ3v) is 4.08. The number of imidazole rings is 1. The first kappa shape index (κ1) is 17.7.